The Morgan fingerprint density at radius 1 is 1.33 bits per heavy atom. The summed E-state index contributed by atoms with van der Waals surface area (Å²) in [6.07, 6.45) is -3.17. The normalized spacial score (nSPS) is 17.2. The largest absolute Gasteiger partial charge is 0.444 e. The summed E-state index contributed by atoms with van der Waals surface area (Å²) in [5, 5.41) is 0. The first kappa shape index (κ1) is 17.1. The molecule has 0 spiro atoms. The molecular formula is C12H24F2N2O2. The molecule has 2 atom stereocenters. The van der Waals surface area contributed by atoms with Crippen LogP contribution in [0.15, 0.2) is 0 Å². The maximum Gasteiger partial charge on any atom is 0.410 e. The van der Waals surface area contributed by atoms with Crippen LogP contribution in [-0.4, -0.2) is 41.6 Å². The van der Waals surface area contributed by atoms with Crippen molar-refractivity contribution in [3.05, 3.63) is 0 Å². The van der Waals surface area contributed by atoms with Gasteiger partial charge in [-0.2, -0.15) is 0 Å². The predicted molar refractivity (Wildman–Crippen MR) is 66.7 cm³/mol. The summed E-state index contributed by atoms with van der Waals surface area (Å²) in [5.74, 6) is 0. The molecule has 0 aliphatic rings. The van der Waals surface area contributed by atoms with Crippen molar-refractivity contribution in [2.45, 2.75) is 64.6 Å². The smallest absolute Gasteiger partial charge is 0.410 e. The van der Waals surface area contributed by atoms with Crippen molar-refractivity contribution in [1.82, 2.24) is 4.90 Å². The lowest BCUT2D eigenvalue weighted by atomic mass is 9.95. The van der Waals surface area contributed by atoms with Crippen LogP contribution in [0.25, 0.3) is 0 Å². The fraction of sp³-hybridized carbons (Fsp3) is 0.917. The van der Waals surface area contributed by atoms with Crippen LogP contribution in [0.3, 0.4) is 0 Å². The second-order valence-electron chi connectivity index (χ2n) is 5.95. The van der Waals surface area contributed by atoms with Gasteiger partial charge in [0.05, 0.1) is 5.54 Å². The van der Waals surface area contributed by atoms with Gasteiger partial charge in [0.1, 0.15) is 5.60 Å². The molecule has 4 nitrogen and oxygen atoms in total. The fourth-order valence-corrected chi connectivity index (χ4v) is 1.38. The highest BCUT2D eigenvalue weighted by molar-refractivity contribution is 5.68. The van der Waals surface area contributed by atoms with E-state index in [0.29, 0.717) is 0 Å². The monoisotopic (exact) mass is 266 g/mol. The van der Waals surface area contributed by atoms with Gasteiger partial charge in [0, 0.05) is 13.1 Å². The van der Waals surface area contributed by atoms with E-state index < -0.39 is 29.7 Å². The number of rotatable bonds is 4. The Labute approximate surface area is 107 Å². The Hall–Kier alpha value is -0.910. The van der Waals surface area contributed by atoms with Crippen LogP contribution in [0.4, 0.5) is 13.6 Å². The minimum atomic E-state index is -2.63. The summed E-state index contributed by atoms with van der Waals surface area (Å²) >= 11 is 0. The highest BCUT2D eigenvalue weighted by atomic mass is 19.3. The average molecular weight is 266 g/mol. The van der Waals surface area contributed by atoms with Gasteiger partial charge in [-0.3, -0.25) is 0 Å². The van der Waals surface area contributed by atoms with Gasteiger partial charge in [-0.1, -0.05) is 0 Å². The van der Waals surface area contributed by atoms with E-state index in [-0.39, 0.29) is 6.42 Å². The molecule has 0 saturated carbocycles. The molecule has 0 fully saturated rings. The molecule has 0 radical (unpaired) electrons. The standard InChI is InChI=1S/C12H24F2N2O2/c1-8(7-12(5,15)9(13)14)16(6)10(17)18-11(2,3)4/h8-9H,7,15H2,1-6H3. The molecule has 0 bridgehead atoms. The van der Waals surface area contributed by atoms with Gasteiger partial charge < -0.3 is 15.4 Å². The molecule has 0 rings (SSSR count). The Balaban J connectivity index is 4.52. The molecule has 18 heavy (non-hydrogen) atoms. The van der Waals surface area contributed by atoms with Gasteiger partial charge >= 0.3 is 6.09 Å². The van der Waals surface area contributed by atoms with Crippen molar-refractivity contribution < 1.29 is 18.3 Å². The molecule has 0 heterocycles. The van der Waals surface area contributed by atoms with E-state index in [1.54, 1.807) is 27.7 Å². The zero-order valence-corrected chi connectivity index (χ0v) is 12.0. The van der Waals surface area contributed by atoms with Crippen LogP contribution < -0.4 is 5.73 Å². The molecule has 1 amide bonds. The zero-order chi connectivity index (χ0) is 14.7. The Morgan fingerprint density at radius 3 is 2.11 bits per heavy atom. The number of amides is 1. The summed E-state index contributed by atoms with van der Waals surface area (Å²) in [7, 11) is 1.51. The predicted octanol–water partition coefficient (Wildman–Crippen LogP) is 2.61. The number of nitrogens with two attached hydrogens (primary N) is 1. The number of carbonyl (C=O) groups excluding carboxylic acids is 1. The zero-order valence-electron chi connectivity index (χ0n) is 12.0. The molecule has 0 aromatic rings. The molecular weight excluding hydrogens is 242 g/mol. The van der Waals surface area contributed by atoms with Gasteiger partial charge in [0.2, 0.25) is 0 Å². The lowest BCUT2D eigenvalue weighted by molar-refractivity contribution is 0.0116. The van der Waals surface area contributed by atoms with Crippen LogP contribution in [0.2, 0.25) is 0 Å². The van der Waals surface area contributed by atoms with E-state index in [2.05, 4.69) is 0 Å². The molecule has 108 valence electrons. The fourth-order valence-electron chi connectivity index (χ4n) is 1.38. The first-order valence-corrected chi connectivity index (χ1v) is 5.89. The Kier molecular flexibility index (Phi) is 5.53. The highest BCUT2D eigenvalue weighted by Gasteiger charge is 2.34. The van der Waals surface area contributed by atoms with Crippen molar-refractivity contribution in [3.63, 3.8) is 0 Å². The van der Waals surface area contributed by atoms with Gasteiger partial charge in [-0.25, -0.2) is 13.6 Å². The van der Waals surface area contributed by atoms with Crippen LogP contribution in [0.1, 0.15) is 41.0 Å². The number of ether oxygens (including phenoxy) is 1. The van der Waals surface area contributed by atoms with E-state index in [1.807, 2.05) is 0 Å². The van der Waals surface area contributed by atoms with Gasteiger partial charge in [0.15, 0.2) is 0 Å². The number of alkyl halides is 2. The summed E-state index contributed by atoms with van der Waals surface area (Å²) < 4.78 is 30.5. The number of hydrogen-bond acceptors (Lipinski definition) is 3. The third kappa shape index (κ3) is 5.62. The van der Waals surface area contributed by atoms with Crippen molar-refractivity contribution in [3.8, 4) is 0 Å². The molecule has 0 aromatic heterocycles. The number of nitrogens with zero attached hydrogens (tertiary/aromatic N) is 1. The average Bonchev–Trinajstić information content (AvgIpc) is 2.12. The van der Waals surface area contributed by atoms with Crippen molar-refractivity contribution in [2.24, 2.45) is 5.73 Å². The van der Waals surface area contributed by atoms with Crippen molar-refractivity contribution >= 4 is 6.09 Å². The van der Waals surface area contributed by atoms with E-state index in [1.165, 1.54) is 18.9 Å². The summed E-state index contributed by atoms with van der Waals surface area (Å²) in [6.45, 7) is 8.18. The maximum absolute atomic E-state index is 12.6. The minimum Gasteiger partial charge on any atom is -0.444 e. The van der Waals surface area contributed by atoms with E-state index in [9.17, 15) is 13.6 Å². The quantitative estimate of drug-likeness (QED) is 0.851. The molecule has 0 aliphatic heterocycles. The second-order valence-corrected chi connectivity index (χ2v) is 5.95. The van der Waals surface area contributed by atoms with Crippen molar-refractivity contribution in [2.75, 3.05) is 7.05 Å². The minimum absolute atomic E-state index is 0.000406. The Bertz CT molecular complexity index is 288. The molecule has 0 saturated heterocycles. The molecule has 2 unspecified atom stereocenters. The van der Waals surface area contributed by atoms with Gasteiger partial charge in [0.25, 0.3) is 6.43 Å². The summed E-state index contributed by atoms with van der Waals surface area (Å²) in [5.41, 5.74) is 3.27. The molecule has 2 N–H and O–H groups in total. The maximum atomic E-state index is 12.6. The second kappa shape index (κ2) is 5.82. The lowest BCUT2D eigenvalue weighted by Crippen LogP contribution is -2.50. The van der Waals surface area contributed by atoms with Crippen molar-refractivity contribution in [1.29, 1.82) is 0 Å². The molecule has 0 aromatic carbocycles. The van der Waals surface area contributed by atoms with E-state index in [4.69, 9.17) is 10.5 Å². The molecule has 0 aliphatic carbocycles. The van der Waals surface area contributed by atoms with E-state index >= 15 is 0 Å². The SMILES string of the molecule is CC(CC(C)(N)C(F)F)N(C)C(=O)OC(C)(C)C. The van der Waals surface area contributed by atoms with E-state index in [0.717, 1.165) is 0 Å². The number of hydrogen-bond donors (Lipinski definition) is 1. The molecule has 6 heteroatoms. The first-order chi connectivity index (χ1) is 7.87. The van der Waals surface area contributed by atoms with Crippen LogP contribution in [-0.2, 0) is 4.74 Å². The third-order valence-corrected chi connectivity index (χ3v) is 2.58. The Morgan fingerprint density at radius 2 is 1.78 bits per heavy atom. The number of halogens is 2. The van der Waals surface area contributed by atoms with Crippen LogP contribution in [0.5, 0.6) is 0 Å². The number of carbonyl (C=O) groups is 1. The van der Waals surface area contributed by atoms with Crippen LogP contribution >= 0.6 is 0 Å². The summed E-state index contributed by atoms with van der Waals surface area (Å²) in [4.78, 5) is 13.0. The third-order valence-electron chi connectivity index (χ3n) is 2.58. The van der Waals surface area contributed by atoms with Crippen LogP contribution in [0, 0.1) is 0 Å². The highest BCUT2D eigenvalue weighted by Crippen LogP contribution is 2.21. The lowest BCUT2D eigenvalue weighted by Gasteiger charge is -2.33. The summed E-state index contributed by atoms with van der Waals surface area (Å²) in [6, 6.07) is -0.427. The van der Waals surface area contributed by atoms with Gasteiger partial charge in [-0.15, -0.1) is 0 Å². The van der Waals surface area contributed by atoms with Gasteiger partial charge in [-0.05, 0) is 41.0 Å². The topological polar surface area (TPSA) is 55.6 Å². The first-order valence-electron chi connectivity index (χ1n) is 5.89.